The zero-order valence-corrected chi connectivity index (χ0v) is 12.5. The number of allylic oxidation sites excluding steroid dienone is 1. The molecule has 0 radical (unpaired) electrons. The predicted molar refractivity (Wildman–Crippen MR) is 82.1 cm³/mol. The average Bonchev–Trinajstić information content (AvgIpc) is 2.86. The lowest BCUT2D eigenvalue weighted by Gasteiger charge is -2.16. The molecule has 0 bridgehead atoms. The SMILES string of the molecule is O=C(O)C=C1CCCc2c1cnn2-c1ccc(Cl)c(Cl)c1. The van der Waals surface area contributed by atoms with Crippen molar-refractivity contribution in [1.82, 2.24) is 9.78 Å². The second-order valence-corrected chi connectivity index (χ2v) is 5.69. The van der Waals surface area contributed by atoms with Gasteiger partial charge in [-0.1, -0.05) is 23.2 Å². The van der Waals surface area contributed by atoms with Crippen LogP contribution in [0.5, 0.6) is 0 Å². The number of halogens is 2. The Labute approximate surface area is 131 Å². The first-order valence-electron chi connectivity index (χ1n) is 6.52. The van der Waals surface area contributed by atoms with Crippen LogP contribution in [-0.2, 0) is 11.2 Å². The maximum Gasteiger partial charge on any atom is 0.328 e. The number of aromatic nitrogens is 2. The molecule has 0 saturated heterocycles. The van der Waals surface area contributed by atoms with Crippen molar-refractivity contribution in [2.75, 3.05) is 0 Å². The van der Waals surface area contributed by atoms with Crippen LogP contribution in [0.3, 0.4) is 0 Å². The molecule has 0 spiro atoms. The summed E-state index contributed by atoms with van der Waals surface area (Å²) in [4.78, 5) is 10.9. The van der Waals surface area contributed by atoms with Crippen LogP contribution in [0.4, 0.5) is 0 Å². The minimum absolute atomic E-state index is 0.468. The third-order valence-electron chi connectivity index (χ3n) is 3.52. The standard InChI is InChI=1S/C15H12Cl2N2O2/c16-12-5-4-10(7-13(12)17)19-14-3-1-2-9(6-15(20)21)11(14)8-18-19/h4-8H,1-3H2,(H,20,21). The number of aliphatic carboxylic acids is 1. The minimum Gasteiger partial charge on any atom is -0.478 e. The Morgan fingerprint density at radius 2 is 2.10 bits per heavy atom. The topological polar surface area (TPSA) is 55.1 Å². The highest BCUT2D eigenvalue weighted by Crippen LogP contribution is 2.33. The van der Waals surface area contributed by atoms with Gasteiger partial charge in [0.15, 0.2) is 0 Å². The van der Waals surface area contributed by atoms with Crippen LogP contribution in [0.25, 0.3) is 11.3 Å². The molecule has 4 nitrogen and oxygen atoms in total. The van der Waals surface area contributed by atoms with Crippen LogP contribution in [0.2, 0.25) is 10.0 Å². The zero-order chi connectivity index (χ0) is 15.0. The van der Waals surface area contributed by atoms with Gasteiger partial charge in [0.2, 0.25) is 0 Å². The van der Waals surface area contributed by atoms with E-state index in [9.17, 15) is 4.79 Å². The smallest absolute Gasteiger partial charge is 0.328 e. The van der Waals surface area contributed by atoms with Crippen molar-refractivity contribution in [2.45, 2.75) is 19.3 Å². The van der Waals surface area contributed by atoms with E-state index >= 15 is 0 Å². The highest BCUT2D eigenvalue weighted by molar-refractivity contribution is 6.42. The van der Waals surface area contributed by atoms with Gasteiger partial charge in [-0.05, 0) is 43.0 Å². The number of nitrogens with zero attached hydrogens (tertiary/aromatic N) is 2. The van der Waals surface area contributed by atoms with Gasteiger partial charge in [0, 0.05) is 11.6 Å². The lowest BCUT2D eigenvalue weighted by atomic mass is 9.92. The van der Waals surface area contributed by atoms with Crippen molar-refractivity contribution in [3.8, 4) is 5.69 Å². The van der Waals surface area contributed by atoms with E-state index in [0.29, 0.717) is 10.0 Å². The van der Waals surface area contributed by atoms with E-state index in [4.69, 9.17) is 28.3 Å². The third-order valence-corrected chi connectivity index (χ3v) is 4.26. The van der Waals surface area contributed by atoms with Gasteiger partial charge < -0.3 is 5.11 Å². The van der Waals surface area contributed by atoms with E-state index < -0.39 is 5.97 Å². The van der Waals surface area contributed by atoms with E-state index in [2.05, 4.69) is 5.10 Å². The van der Waals surface area contributed by atoms with Gasteiger partial charge in [-0.15, -0.1) is 0 Å². The summed E-state index contributed by atoms with van der Waals surface area (Å²) in [6.07, 6.45) is 5.49. The first kappa shape index (κ1) is 14.2. The summed E-state index contributed by atoms with van der Waals surface area (Å²) in [6, 6.07) is 5.33. The van der Waals surface area contributed by atoms with Gasteiger partial charge in [-0.25, -0.2) is 9.48 Å². The van der Waals surface area contributed by atoms with Crippen LogP contribution in [0.1, 0.15) is 24.1 Å². The fourth-order valence-corrected chi connectivity index (χ4v) is 2.89. The molecule has 1 aromatic heterocycles. The Balaban J connectivity index is 2.09. The molecule has 1 aromatic carbocycles. The molecular formula is C15H12Cl2N2O2. The second-order valence-electron chi connectivity index (χ2n) is 4.88. The molecule has 0 fully saturated rings. The van der Waals surface area contributed by atoms with Gasteiger partial charge in [0.1, 0.15) is 0 Å². The summed E-state index contributed by atoms with van der Waals surface area (Å²) in [5, 5.41) is 14.3. The highest BCUT2D eigenvalue weighted by Gasteiger charge is 2.20. The Morgan fingerprint density at radius 1 is 1.29 bits per heavy atom. The summed E-state index contributed by atoms with van der Waals surface area (Å²) in [6.45, 7) is 0. The molecule has 0 unspecified atom stereocenters. The molecule has 1 aliphatic rings. The molecular weight excluding hydrogens is 311 g/mol. The van der Waals surface area contributed by atoms with Gasteiger partial charge in [0.25, 0.3) is 0 Å². The largest absolute Gasteiger partial charge is 0.478 e. The van der Waals surface area contributed by atoms with Crippen molar-refractivity contribution in [3.05, 3.63) is 51.8 Å². The molecule has 3 rings (SSSR count). The fraction of sp³-hybridized carbons (Fsp3) is 0.200. The van der Waals surface area contributed by atoms with Gasteiger partial charge in [0.05, 0.1) is 27.6 Å². The van der Waals surface area contributed by atoms with Crippen LogP contribution >= 0.6 is 23.2 Å². The number of benzene rings is 1. The summed E-state index contributed by atoms with van der Waals surface area (Å²) in [5.74, 6) is -0.930. The van der Waals surface area contributed by atoms with Gasteiger partial charge in [-0.2, -0.15) is 5.10 Å². The zero-order valence-electron chi connectivity index (χ0n) is 11.0. The number of rotatable bonds is 2. The van der Waals surface area contributed by atoms with Crippen LogP contribution in [-0.4, -0.2) is 20.9 Å². The summed E-state index contributed by atoms with van der Waals surface area (Å²) in [5.41, 5.74) is 3.54. The Kier molecular flexibility index (Phi) is 3.74. The lowest BCUT2D eigenvalue weighted by molar-refractivity contribution is -0.131. The van der Waals surface area contributed by atoms with Gasteiger partial charge in [-0.3, -0.25) is 0 Å². The van der Waals surface area contributed by atoms with Crippen LogP contribution in [0.15, 0.2) is 30.5 Å². The molecule has 1 aliphatic carbocycles. The third kappa shape index (κ3) is 2.69. The van der Waals surface area contributed by atoms with E-state index in [-0.39, 0.29) is 0 Å². The molecule has 0 saturated carbocycles. The number of hydrogen-bond donors (Lipinski definition) is 1. The summed E-state index contributed by atoms with van der Waals surface area (Å²) < 4.78 is 1.80. The Hall–Kier alpha value is -1.78. The van der Waals surface area contributed by atoms with E-state index in [0.717, 1.165) is 41.8 Å². The quantitative estimate of drug-likeness (QED) is 0.851. The molecule has 1 N–H and O–H groups in total. The van der Waals surface area contributed by atoms with Crippen molar-refractivity contribution in [1.29, 1.82) is 0 Å². The minimum atomic E-state index is -0.930. The second kappa shape index (κ2) is 5.54. The van der Waals surface area contributed by atoms with Crippen LogP contribution < -0.4 is 0 Å². The number of carboxylic acids is 1. The van der Waals surface area contributed by atoms with Crippen molar-refractivity contribution < 1.29 is 9.90 Å². The normalized spacial score (nSPS) is 16.0. The number of carbonyl (C=O) groups is 1. The highest BCUT2D eigenvalue weighted by atomic mass is 35.5. The van der Waals surface area contributed by atoms with E-state index in [1.807, 2.05) is 6.07 Å². The Bertz CT molecular complexity index is 750. The van der Waals surface area contributed by atoms with Crippen LogP contribution in [0, 0.1) is 0 Å². The average molecular weight is 323 g/mol. The number of carboxylic acid groups (broad SMARTS) is 1. The van der Waals surface area contributed by atoms with Crippen molar-refractivity contribution in [3.63, 3.8) is 0 Å². The maximum atomic E-state index is 10.9. The molecule has 0 aliphatic heterocycles. The maximum absolute atomic E-state index is 10.9. The van der Waals surface area contributed by atoms with Crippen molar-refractivity contribution >= 4 is 34.7 Å². The van der Waals surface area contributed by atoms with Gasteiger partial charge >= 0.3 is 5.97 Å². The number of hydrogen-bond acceptors (Lipinski definition) is 2. The molecule has 0 amide bonds. The molecule has 6 heteroatoms. The summed E-state index contributed by atoms with van der Waals surface area (Å²) >= 11 is 12.0. The molecule has 0 atom stereocenters. The first-order chi connectivity index (χ1) is 10.1. The molecule has 21 heavy (non-hydrogen) atoms. The molecule has 2 aromatic rings. The monoisotopic (exact) mass is 322 g/mol. The summed E-state index contributed by atoms with van der Waals surface area (Å²) in [7, 11) is 0. The van der Waals surface area contributed by atoms with Crippen molar-refractivity contribution in [2.24, 2.45) is 0 Å². The first-order valence-corrected chi connectivity index (χ1v) is 7.28. The van der Waals surface area contributed by atoms with E-state index in [1.54, 1.807) is 23.0 Å². The molecule has 1 heterocycles. The lowest BCUT2D eigenvalue weighted by Crippen LogP contribution is -2.08. The number of fused-ring (bicyclic) bond motifs is 1. The predicted octanol–water partition coefficient (Wildman–Crippen LogP) is 3.98. The Morgan fingerprint density at radius 3 is 2.81 bits per heavy atom. The molecule has 108 valence electrons. The van der Waals surface area contributed by atoms with E-state index in [1.165, 1.54) is 6.08 Å². The fourth-order valence-electron chi connectivity index (χ4n) is 2.60.